The third kappa shape index (κ3) is 7.95. The molecule has 3 aromatic rings. The lowest BCUT2D eigenvalue weighted by Gasteiger charge is -2.46. The number of ether oxygens (including phenoxy) is 6. The molecule has 264 valence electrons. The van der Waals surface area contributed by atoms with Gasteiger partial charge in [0.05, 0.1) is 32.5 Å². The van der Waals surface area contributed by atoms with Crippen molar-refractivity contribution in [3.8, 4) is 23.0 Å². The molecule has 1 amide bonds. The molecule has 1 unspecified atom stereocenters. The number of esters is 1. The lowest BCUT2D eigenvalue weighted by atomic mass is 9.73. The molecule has 2 heterocycles. The molecule has 11 heteroatoms. The number of primary amides is 1. The maximum absolute atomic E-state index is 13.7. The quantitative estimate of drug-likeness (QED) is 0.217. The minimum atomic E-state index is -0.983. The van der Waals surface area contributed by atoms with Crippen LogP contribution in [0.5, 0.6) is 23.0 Å². The second kappa shape index (κ2) is 15.1. The van der Waals surface area contributed by atoms with Crippen LogP contribution in [-0.2, 0) is 33.9 Å². The third-order valence-electron chi connectivity index (χ3n) is 10.0. The van der Waals surface area contributed by atoms with Crippen LogP contribution in [0, 0.1) is 18.3 Å². The molecular formula is C38H47NO10. The molecule has 1 fully saturated rings. The first-order chi connectivity index (χ1) is 23.3. The lowest BCUT2D eigenvalue weighted by molar-refractivity contribution is -0.190. The molecule has 0 aromatic heterocycles. The molecule has 49 heavy (non-hydrogen) atoms. The Morgan fingerprint density at radius 3 is 2.06 bits per heavy atom. The fraction of sp³-hybridized carbons (Fsp3) is 0.474. The Morgan fingerprint density at radius 2 is 1.53 bits per heavy atom. The van der Waals surface area contributed by atoms with Crippen molar-refractivity contribution in [1.82, 2.24) is 0 Å². The smallest absolute Gasteiger partial charge is 0.342 e. The number of rotatable bonds is 13. The summed E-state index contributed by atoms with van der Waals surface area (Å²) in [5, 5.41) is 22.2. The Morgan fingerprint density at radius 1 is 0.980 bits per heavy atom. The summed E-state index contributed by atoms with van der Waals surface area (Å²) in [4.78, 5) is 25.6. The second-order valence-electron chi connectivity index (χ2n) is 13.5. The molecule has 0 saturated carbocycles. The Kier molecular flexibility index (Phi) is 11.1. The highest BCUT2D eigenvalue weighted by atomic mass is 16.6. The monoisotopic (exact) mass is 677 g/mol. The number of hydrogen-bond donors (Lipinski definition) is 3. The van der Waals surface area contributed by atoms with E-state index in [-0.39, 0.29) is 26.1 Å². The van der Waals surface area contributed by atoms with Gasteiger partial charge >= 0.3 is 5.97 Å². The minimum Gasteiger partial charge on any atom is -0.497 e. The van der Waals surface area contributed by atoms with Crippen molar-refractivity contribution < 1.29 is 48.2 Å². The van der Waals surface area contributed by atoms with Crippen molar-refractivity contribution in [1.29, 1.82) is 0 Å². The summed E-state index contributed by atoms with van der Waals surface area (Å²) in [7, 11) is 3.21. The van der Waals surface area contributed by atoms with Gasteiger partial charge in [-0.1, -0.05) is 45.0 Å². The number of aliphatic hydroxyl groups is 2. The molecule has 0 aliphatic carbocycles. The van der Waals surface area contributed by atoms with Crippen molar-refractivity contribution in [2.24, 2.45) is 17.1 Å². The SMILES string of the molecule is COc1ccc(COc2cc(OCc3ccc(OC)cc3)c3c(c2C)C[C@H]([C@H](C)[C@@H](O)C[C@H]2O[C@H](C(N)=O)CC(O)C2(C)C)OC3=O)cc1. The molecule has 1 saturated heterocycles. The highest BCUT2D eigenvalue weighted by molar-refractivity contribution is 5.96. The van der Waals surface area contributed by atoms with Crippen molar-refractivity contribution in [3.63, 3.8) is 0 Å². The van der Waals surface area contributed by atoms with Gasteiger partial charge in [0.25, 0.3) is 0 Å². The van der Waals surface area contributed by atoms with E-state index in [4.69, 9.17) is 34.2 Å². The maximum atomic E-state index is 13.7. The summed E-state index contributed by atoms with van der Waals surface area (Å²) in [6.07, 6.45) is -3.61. The number of cyclic esters (lactones) is 1. The summed E-state index contributed by atoms with van der Waals surface area (Å²) in [6.45, 7) is 7.84. The first-order valence-corrected chi connectivity index (χ1v) is 16.5. The number of fused-ring (bicyclic) bond motifs is 1. The Bertz CT molecular complexity index is 1620. The first-order valence-electron chi connectivity index (χ1n) is 16.5. The number of carbonyl (C=O) groups is 2. The van der Waals surface area contributed by atoms with Gasteiger partial charge in [0.15, 0.2) is 0 Å². The Hall–Kier alpha value is -4.32. The van der Waals surface area contributed by atoms with Crippen LogP contribution >= 0.6 is 0 Å². The van der Waals surface area contributed by atoms with Gasteiger partial charge in [0.1, 0.15) is 54.0 Å². The van der Waals surface area contributed by atoms with Crippen molar-refractivity contribution in [3.05, 3.63) is 82.4 Å². The van der Waals surface area contributed by atoms with E-state index in [0.29, 0.717) is 23.5 Å². The summed E-state index contributed by atoms with van der Waals surface area (Å²) >= 11 is 0. The fourth-order valence-corrected chi connectivity index (χ4v) is 6.40. The molecule has 2 aliphatic heterocycles. The summed E-state index contributed by atoms with van der Waals surface area (Å²) in [5.41, 5.74) is 8.38. The third-order valence-corrected chi connectivity index (χ3v) is 10.0. The fourth-order valence-electron chi connectivity index (χ4n) is 6.40. The topological polar surface area (TPSA) is 156 Å². The van der Waals surface area contributed by atoms with E-state index in [1.807, 2.05) is 76.2 Å². The average Bonchev–Trinajstić information content (AvgIpc) is 3.09. The number of nitrogens with two attached hydrogens (primary N) is 1. The highest BCUT2D eigenvalue weighted by Crippen LogP contribution is 2.42. The molecule has 0 bridgehead atoms. The Balaban J connectivity index is 1.40. The molecule has 11 nitrogen and oxygen atoms in total. The van der Waals surface area contributed by atoms with Gasteiger partial charge in [-0.05, 0) is 53.4 Å². The van der Waals surface area contributed by atoms with Gasteiger partial charge in [0.2, 0.25) is 5.91 Å². The molecular weight excluding hydrogens is 630 g/mol. The normalized spacial score (nSPS) is 22.7. The van der Waals surface area contributed by atoms with Crippen LogP contribution in [0.1, 0.15) is 66.2 Å². The van der Waals surface area contributed by atoms with Gasteiger partial charge in [-0.3, -0.25) is 4.79 Å². The number of benzene rings is 3. The van der Waals surface area contributed by atoms with E-state index in [2.05, 4.69) is 0 Å². The van der Waals surface area contributed by atoms with Gasteiger partial charge in [-0.2, -0.15) is 0 Å². The van der Waals surface area contributed by atoms with Crippen LogP contribution < -0.4 is 24.7 Å². The van der Waals surface area contributed by atoms with E-state index in [9.17, 15) is 19.8 Å². The van der Waals surface area contributed by atoms with Gasteiger partial charge in [-0.25, -0.2) is 4.79 Å². The van der Waals surface area contributed by atoms with Crippen LogP contribution in [0.4, 0.5) is 0 Å². The standard InChI is InChI=1S/C38H47NO10/c1-21-27-15-30(22(2)28(40)16-34-38(3,4)33(41)18-32(48-34)36(39)42)49-37(43)35(27)31(47-20-24-9-13-26(45-6)14-10-24)17-29(21)46-19-23-7-11-25(44-5)12-8-23/h7-14,17,22,28,30,32-34,40-41H,15-16,18-20H2,1-6H3,(H2,39,42)/t22-,28+,30-,32+,33?,34-/m1/s1. The zero-order chi connectivity index (χ0) is 35.5. The molecule has 3 aromatic carbocycles. The average molecular weight is 678 g/mol. The van der Waals surface area contributed by atoms with E-state index >= 15 is 0 Å². The number of hydrogen-bond acceptors (Lipinski definition) is 10. The van der Waals surface area contributed by atoms with Crippen LogP contribution in [0.15, 0.2) is 54.6 Å². The largest absolute Gasteiger partial charge is 0.497 e. The van der Waals surface area contributed by atoms with Crippen LogP contribution in [0.25, 0.3) is 0 Å². The molecule has 0 spiro atoms. The first kappa shape index (κ1) is 36.0. The summed E-state index contributed by atoms with van der Waals surface area (Å²) in [6, 6.07) is 16.8. The molecule has 0 radical (unpaired) electrons. The van der Waals surface area contributed by atoms with E-state index in [0.717, 1.165) is 33.8 Å². The van der Waals surface area contributed by atoms with Crippen molar-refractivity contribution in [2.75, 3.05) is 14.2 Å². The van der Waals surface area contributed by atoms with Gasteiger partial charge < -0.3 is 44.4 Å². The molecule has 5 rings (SSSR count). The highest BCUT2D eigenvalue weighted by Gasteiger charge is 2.47. The summed E-state index contributed by atoms with van der Waals surface area (Å²) in [5.74, 6) is 0.620. The van der Waals surface area contributed by atoms with Gasteiger partial charge in [-0.15, -0.1) is 0 Å². The predicted molar refractivity (Wildman–Crippen MR) is 181 cm³/mol. The number of aliphatic hydroxyl groups excluding tert-OH is 2. The van der Waals surface area contributed by atoms with E-state index < -0.39 is 53.7 Å². The number of methoxy groups -OCH3 is 2. The molecule has 2 aliphatic rings. The maximum Gasteiger partial charge on any atom is 0.342 e. The molecule has 4 N–H and O–H groups in total. The predicted octanol–water partition coefficient (Wildman–Crippen LogP) is 4.67. The van der Waals surface area contributed by atoms with Crippen LogP contribution in [0.2, 0.25) is 0 Å². The van der Waals surface area contributed by atoms with Gasteiger partial charge in [0, 0.05) is 36.7 Å². The zero-order valence-electron chi connectivity index (χ0n) is 28.9. The van der Waals surface area contributed by atoms with Crippen LogP contribution in [0.3, 0.4) is 0 Å². The van der Waals surface area contributed by atoms with E-state index in [1.165, 1.54) is 0 Å². The Labute approximate surface area is 287 Å². The zero-order valence-corrected chi connectivity index (χ0v) is 28.9. The van der Waals surface area contributed by atoms with Crippen molar-refractivity contribution >= 4 is 11.9 Å². The lowest BCUT2D eigenvalue weighted by Crippen LogP contribution is -2.55. The molecule has 6 atom stereocenters. The number of amides is 1. The second-order valence-corrected chi connectivity index (χ2v) is 13.5. The minimum absolute atomic E-state index is 0.0898. The van der Waals surface area contributed by atoms with Crippen LogP contribution in [-0.4, -0.2) is 66.8 Å². The summed E-state index contributed by atoms with van der Waals surface area (Å²) < 4.78 is 35.0. The van der Waals surface area contributed by atoms with Crippen molar-refractivity contribution in [2.45, 2.75) is 90.7 Å². The van der Waals surface area contributed by atoms with E-state index in [1.54, 1.807) is 20.3 Å². The number of carbonyl (C=O) groups excluding carboxylic acids is 2.